The number of nitrogens with one attached hydrogen (secondary N) is 2. The maximum Gasteiger partial charge on any atom is 0.251 e. The molecule has 35 heavy (non-hydrogen) atoms. The molecule has 0 spiro atoms. The molecule has 2 aromatic carbocycles. The first-order valence-electron chi connectivity index (χ1n) is 11.7. The van der Waals surface area contributed by atoms with Gasteiger partial charge in [-0.05, 0) is 67.9 Å². The molecule has 8 nitrogen and oxygen atoms in total. The summed E-state index contributed by atoms with van der Waals surface area (Å²) in [6, 6.07) is 15.1. The average molecular weight is 494 g/mol. The lowest BCUT2D eigenvalue weighted by Gasteiger charge is -2.28. The van der Waals surface area contributed by atoms with Crippen molar-refractivity contribution in [2.45, 2.75) is 24.0 Å². The Kier molecular flexibility index (Phi) is 8.44. The summed E-state index contributed by atoms with van der Waals surface area (Å²) in [5, 5.41) is 6.74. The third-order valence-corrected chi connectivity index (χ3v) is 7.14. The quantitative estimate of drug-likeness (QED) is 0.419. The lowest BCUT2D eigenvalue weighted by atomic mass is 10.0. The molecule has 0 saturated carbocycles. The van der Waals surface area contributed by atoms with E-state index in [9.17, 15) is 9.59 Å². The molecule has 2 heterocycles. The Morgan fingerprint density at radius 1 is 1.09 bits per heavy atom. The lowest BCUT2D eigenvalue weighted by Crippen LogP contribution is -2.36. The van der Waals surface area contributed by atoms with E-state index in [1.807, 2.05) is 29.9 Å². The van der Waals surface area contributed by atoms with Crippen LogP contribution in [-0.4, -0.2) is 58.8 Å². The van der Waals surface area contributed by atoms with Crippen LogP contribution in [-0.2, 0) is 11.8 Å². The normalized spacial score (nSPS) is 14.5. The molecule has 2 amide bonds. The van der Waals surface area contributed by atoms with Crippen molar-refractivity contribution in [2.75, 3.05) is 37.8 Å². The van der Waals surface area contributed by atoms with Crippen LogP contribution in [0.3, 0.4) is 0 Å². The molecule has 1 aliphatic rings. The predicted molar refractivity (Wildman–Crippen MR) is 138 cm³/mol. The number of aryl methyl sites for hydroxylation is 1. The highest BCUT2D eigenvalue weighted by Gasteiger charge is 2.24. The minimum absolute atomic E-state index is 0.113. The summed E-state index contributed by atoms with van der Waals surface area (Å²) in [6.07, 6.45) is 5.89. The highest BCUT2D eigenvalue weighted by Crippen LogP contribution is 2.26. The number of aromatic nitrogens is 2. The fourth-order valence-electron chi connectivity index (χ4n) is 4.15. The van der Waals surface area contributed by atoms with Gasteiger partial charge < -0.3 is 19.9 Å². The second-order valence-electron chi connectivity index (χ2n) is 8.48. The van der Waals surface area contributed by atoms with Gasteiger partial charge in [-0.15, -0.1) is 0 Å². The predicted octanol–water partition coefficient (Wildman–Crippen LogP) is 3.73. The van der Waals surface area contributed by atoms with Gasteiger partial charge in [-0.2, -0.15) is 0 Å². The van der Waals surface area contributed by atoms with E-state index in [1.54, 1.807) is 37.6 Å². The maximum atomic E-state index is 12.8. The Hall–Kier alpha value is -3.30. The molecular weight excluding hydrogens is 462 g/mol. The number of nitrogens with zero attached hydrogens (tertiary/aromatic N) is 3. The summed E-state index contributed by atoms with van der Waals surface area (Å²) in [7, 11) is 3.55. The van der Waals surface area contributed by atoms with Gasteiger partial charge in [-0.1, -0.05) is 23.9 Å². The van der Waals surface area contributed by atoms with Crippen LogP contribution >= 0.6 is 11.8 Å². The number of thioether (sulfide) groups is 1. The van der Waals surface area contributed by atoms with E-state index in [2.05, 4.69) is 32.7 Å². The first-order chi connectivity index (χ1) is 17.0. The van der Waals surface area contributed by atoms with E-state index in [4.69, 9.17) is 4.74 Å². The zero-order valence-electron chi connectivity index (χ0n) is 20.1. The van der Waals surface area contributed by atoms with Crippen molar-refractivity contribution in [1.29, 1.82) is 0 Å². The van der Waals surface area contributed by atoms with Crippen molar-refractivity contribution >= 4 is 29.3 Å². The zero-order chi connectivity index (χ0) is 24.6. The first kappa shape index (κ1) is 24.8. The zero-order valence-corrected chi connectivity index (χ0v) is 20.9. The molecular formula is C26H31N5O3S. The number of benzene rings is 2. The number of rotatable bonds is 10. The smallest absolute Gasteiger partial charge is 0.251 e. The van der Waals surface area contributed by atoms with Crippen LogP contribution in [0.1, 0.15) is 34.8 Å². The standard InChI is InChI=1S/C26H31N5O3S/c1-30-16-13-27-26(30)35-18-24(32)29-21-9-5-20(6-10-21)25(33)28-17-23(31-14-3-4-15-31)19-7-11-22(34-2)12-8-19/h5-13,16,23H,3-4,14-15,17-18H2,1-2H3,(H,28,33)(H,29,32)/t23-/m1/s1. The van der Waals surface area contributed by atoms with Crippen molar-refractivity contribution in [3.63, 3.8) is 0 Å². The fourth-order valence-corrected chi connectivity index (χ4v) is 4.88. The maximum absolute atomic E-state index is 12.8. The molecule has 9 heteroatoms. The van der Waals surface area contributed by atoms with Crippen molar-refractivity contribution in [1.82, 2.24) is 19.8 Å². The Balaban J connectivity index is 1.31. The number of ether oxygens (including phenoxy) is 1. The van der Waals surface area contributed by atoms with Crippen molar-refractivity contribution in [2.24, 2.45) is 7.05 Å². The number of carbonyl (C=O) groups excluding carboxylic acids is 2. The van der Waals surface area contributed by atoms with Gasteiger partial charge in [0.25, 0.3) is 5.91 Å². The SMILES string of the molecule is COc1ccc([C@@H](CNC(=O)c2ccc(NC(=O)CSc3nccn3C)cc2)N2CCCC2)cc1. The van der Waals surface area contributed by atoms with E-state index < -0.39 is 0 Å². The number of hydrogen-bond donors (Lipinski definition) is 2. The van der Waals surface area contributed by atoms with Gasteiger partial charge in [0.15, 0.2) is 5.16 Å². The molecule has 3 aromatic rings. The molecule has 1 aliphatic heterocycles. The van der Waals surface area contributed by atoms with Crippen LogP contribution in [0.15, 0.2) is 66.1 Å². The van der Waals surface area contributed by atoms with E-state index in [0.29, 0.717) is 17.8 Å². The van der Waals surface area contributed by atoms with Gasteiger partial charge in [0.2, 0.25) is 5.91 Å². The lowest BCUT2D eigenvalue weighted by molar-refractivity contribution is -0.113. The highest BCUT2D eigenvalue weighted by atomic mass is 32.2. The number of likely N-dealkylation sites (tertiary alicyclic amines) is 1. The molecule has 4 rings (SSSR count). The number of anilines is 1. The fraction of sp³-hybridized carbons (Fsp3) is 0.346. The third kappa shape index (κ3) is 6.64. The van der Waals surface area contributed by atoms with Gasteiger partial charge >= 0.3 is 0 Å². The molecule has 1 atom stereocenters. The van der Waals surface area contributed by atoms with Crippen LogP contribution in [0.2, 0.25) is 0 Å². The number of amides is 2. The topological polar surface area (TPSA) is 88.5 Å². The van der Waals surface area contributed by atoms with Gasteiger partial charge in [0.1, 0.15) is 5.75 Å². The Bertz CT molecular complexity index is 1120. The van der Waals surface area contributed by atoms with Crippen LogP contribution < -0.4 is 15.4 Å². The van der Waals surface area contributed by atoms with Crippen LogP contribution in [0.25, 0.3) is 0 Å². The third-order valence-electron chi connectivity index (χ3n) is 6.08. The summed E-state index contributed by atoms with van der Waals surface area (Å²) >= 11 is 1.37. The molecule has 1 saturated heterocycles. The van der Waals surface area contributed by atoms with Crippen molar-refractivity contribution in [3.05, 3.63) is 72.1 Å². The average Bonchev–Trinajstić information content (AvgIpc) is 3.56. The van der Waals surface area contributed by atoms with E-state index >= 15 is 0 Å². The highest BCUT2D eigenvalue weighted by molar-refractivity contribution is 7.99. The van der Waals surface area contributed by atoms with Crippen LogP contribution in [0.4, 0.5) is 5.69 Å². The summed E-state index contributed by atoms with van der Waals surface area (Å²) < 4.78 is 7.15. The Morgan fingerprint density at radius 3 is 2.43 bits per heavy atom. The van der Waals surface area contributed by atoms with Crippen molar-refractivity contribution in [3.8, 4) is 5.75 Å². The molecule has 0 bridgehead atoms. The molecule has 0 aliphatic carbocycles. The van der Waals surface area contributed by atoms with Gasteiger partial charge in [-0.3, -0.25) is 14.5 Å². The number of carbonyl (C=O) groups is 2. The minimum atomic E-state index is -0.133. The van der Waals surface area contributed by atoms with E-state index in [-0.39, 0.29) is 23.6 Å². The van der Waals surface area contributed by atoms with Gasteiger partial charge in [0, 0.05) is 37.2 Å². The second kappa shape index (κ2) is 11.9. The summed E-state index contributed by atoms with van der Waals surface area (Å²) in [6.45, 7) is 2.58. The largest absolute Gasteiger partial charge is 0.497 e. The first-order valence-corrected chi connectivity index (χ1v) is 12.7. The second-order valence-corrected chi connectivity index (χ2v) is 9.42. The van der Waals surface area contributed by atoms with Crippen LogP contribution in [0.5, 0.6) is 5.75 Å². The monoisotopic (exact) mass is 493 g/mol. The molecule has 0 radical (unpaired) electrons. The molecule has 0 unspecified atom stereocenters. The number of hydrogen-bond acceptors (Lipinski definition) is 6. The Morgan fingerprint density at radius 2 is 1.80 bits per heavy atom. The number of methoxy groups -OCH3 is 1. The molecule has 1 aromatic heterocycles. The van der Waals surface area contributed by atoms with Gasteiger partial charge in [0.05, 0.1) is 18.9 Å². The molecule has 184 valence electrons. The Labute approximate surface area is 210 Å². The van der Waals surface area contributed by atoms with Gasteiger partial charge in [-0.25, -0.2) is 4.98 Å². The minimum Gasteiger partial charge on any atom is -0.497 e. The van der Waals surface area contributed by atoms with E-state index in [1.165, 1.54) is 24.6 Å². The summed E-state index contributed by atoms with van der Waals surface area (Å²) in [5.41, 5.74) is 2.37. The van der Waals surface area contributed by atoms with Crippen molar-refractivity contribution < 1.29 is 14.3 Å². The molecule has 1 fully saturated rings. The van der Waals surface area contributed by atoms with Crippen LogP contribution in [0, 0.1) is 0 Å². The van der Waals surface area contributed by atoms with E-state index in [0.717, 1.165) is 29.6 Å². The summed E-state index contributed by atoms with van der Waals surface area (Å²) in [5.74, 6) is 0.825. The summed E-state index contributed by atoms with van der Waals surface area (Å²) in [4.78, 5) is 31.7. The number of imidazole rings is 1. The molecule has 2 N–H and O–H groups in total.